The average molecular weight is 341 g/mol. The number of hydrogen-bond donors (Lipinski definition) is 2. The maximum absolute atomic E-state index is 12.2. The zero-order valence-electron chi connectivity index (χ0n) is 12.5. The molecule has 0 bridgehead atoms. The fourth-order valence-electron chi connectivity index (χ4n) is 1.69. The quantitative estimate of drug-likeness (QED) is 0.790. The number of rotatable bonds is 6. The van der Waals surface area contributed by atoms with Gasteiger partial charge in [-0.15, -0.1) is 5.10 Å². The molecular weight excluding hydrogens is 324 g/mol. The van der Waals surface area contributed by atoms with Gasteiger partial charge in [0.05, 0.1) is 17.4 Å². The summed E-state index contributed by atoms with van der Waals surface area (Å²) in [5.74, 6) is 1.22. The maximum Gasteiger partial charge on any atom is 0.237 e. The van der Waals surface area contributed by atoms with Crippen molar-refractivity contribution in [2.45, 2.75) is 30.7 Å². The van der Waals surface area contributed by atoms with Crippen LogP contribution >= 0.6 is 23.4 Å². The fourth-order valence-corrected chi connectivity index (χ4v) is 2.69. The highest BCUT2D eigenvalue weighted by Crippen LogP contribution is 2.28. The second-order valence-electron chi connectivity index (χ2n) is 4.52. The Morgan fingerprint density at radius 1 is 1.55 bits per heavy atom. The predicted octanol–water partition coefficient (Wildman–Crippen LogP) is 3.15. The highest BCUT2D eigenvalue weighted by molar-refractivity contribution is 8.00. The van der Waals surface area contributed by atoms with E-state index in [1.54, 1.807) is 32.2 Å². The first-order valence-electron chi connectivity index (χ1n) is 6.75. The number of methoxy groups -OCH3 is 1. The Morgan fingerprint density at radius 2 is 2.32 bits per heavy atom. The number of aryl methyl sites for hydroxylation is 1. The summed E-state index contributed by atoms with van der Waals surface area (Å²) in [5.41, 5.74) is 0.618. The van der Waals surface area contributed by atoms with Crippen molar-refractivity contribution in [3.05, 3.63) is 29.0 Å². The molecule has 0 saturated heterocycles. The van der Waals surface area contributed by atoms with Crippen LogP contribution in [0.15, 0.2) is 23.4 Å². The molecule has 118 valence electrons. The molecule has 0 radical (unpaired) electrons. The van der Waals surface area contributed by atoms with E-state index in [0.29, 0.717) is 21.6 Å². The third-order valence-electron chi connectivity index (χ3n) is 2.92. The van der Waals surface area contributed by atoms with Crippen LogP contribution in [0.4, 0.5) is 5.69 Å². The van der Waals surface area contributed by atoms with Gasteiger partial charge in [-0.05, 0) is 25.1 Å². The molecule has 6 nitrogen and oxygen atoms in total. The van der Waals surface area contributed by atoms with E-state index in [1.807, 2.05) is 6.92 Å². The number of carbonyl (C=O) groups is 1. The van der Waals surface area contributed by atoms with Gasteiger partial charge in [0.2, 0.25) is 11.1 Å². The fraction of sp³-hybridized carbons (Fsp3) is 0.357. The Labute approximate surface area is 138 Å². The van der Waals surface area contributed by atoms with Gasteiger partial charge in [0.25, 0.3) is 0 Å². The number of ether oxygens (including phenoxy) is 1. The molecule has 1 atom stereocenters. The Morgan fingerprint density at radius 3 is 2.91 bits per heavy atom. The van der Waals surface area contributed by atoms with Crippen molar-refractivity contribution in [1.82, 2.24) is 15.2 Å². The number of anilines is 1. The number of H-pyrrole nitrogens is 1. The smallest absolute Gasteiger partial charge is 0.237 e. The van der Waals surface area contributed by atoms with Crippen molar-refractivity contribution in [3.63, 3.8) is 0 Å². The highest BCUT2D eigenvalue weighted by atomic mass is 35.5. The Kier molecular flexibility index (Phi) is 5.68. The summed E-state index contributed by atoms with van der Waals surface area (Å²) in [6.07, 6.45) is 0.776. The van der Waals surface area contributed by atoms with E-state index in [2.05, 4.69) is 20.5 Å². The molecule has 1 aromatic heterocycles. The minimum absolute atomic E-state index is 0.144. The number of carbonyl (C=O) groups excluding carboxylic acids is 1. The lowest BCUT2D eigenvalue weighted by molar-refractivity contribution is -0.115. The normalized spacial score (nSPS) is 12.0. The molecule has 0 saturated carbocycles. The molecular formula is C14H17ClN4O2S. The second kappa shape index (κ2) is 7.51. The molecule has 2 N–H and O–H groups in total. The Bertz CT molecular complexity index is 662. The summed E-state index contributed by atoms with van der Waals surface area (Å²) in [6, 6.07) is 5.10. The van der Waals surface area contributed by atoms with Crippen LogP contribution in [0, 0.1) is 0 Å². The van der Waals surface area contributed by atoms with Crippen LogP contribution in [-0.2, 0) is 11.2 Å². The lowest BCUT2D eigenvalue weighted by Crippen LogP contribution is -2.22. The molecule has 1 heterocycles. The summed E-state index contributed by atoms with van der Waals surface area (Å²) in [7, 11) is 1.54. The highest BCUT2D eigenvalue weighted by Gasteiger charge is 2.17. The monoisotopic (exact) mass is 340 g/mol. The van der Waals surface area contributed by atoms with Gasteiger partial charge < -0.3 is 10.1 Å². The summed E-state index contributed by atoms with van der Waals surface area (Å²) in [5, 5.41) is 10.4. The van der Waals surface area contributed by atoms with Crippen molar-refractivity contribution in [1.29, 1.82) is 0 Å². The number of hydrogen-bond acceptors (Lipinski definition) is 5. The van der Waals surface area contributed by atoms with E-state index in [1.165, 1.54) is 11.8 Å². The van der Waals surface area contributed by atoms with Gasteiger partial charge in [-0.2, -0.15) is 0 Å². The largest absolute Gasteiger partial charge is 0.495 e. The molecule has 2 aromatic rings. The first-order valence-corrected chi connectivity index (χ1v) is 8.01. The zero-order chi connectivity index (χ0) is 16.1. The van der Waals surface area contributed by atoms with E-state index in [4.69, 9.17) is 16.3 Å². The minimum Gasteiger partial charge on any atom is -0.495 e. The van der Waals surface area contributed by atoms with Gasteiger partial charge in [-0.1, -0.05) is 30.3 Å². The molecule has 0 fully saturated rings. The minimum atomic E-state index is -0.332. The third-order valence-corrected chi connectivity index (χ3v) is 4.17. The Balaban J connectivity index is 1.97. The van der Waals surface area contributed by atoms with Crippen LogP contribution in [-0.4, -0.2) is 33.4 Å². The molecule has 0 spiro atoms. The third kappa shape index (κ3) is 4.14. The van der Waals surface area contributed by atoms with E-state index in [-0.39, 0.29) is 11.2 Å². The first-order chi connectivity index (χ1) is 10.5. The lowest BCUT2D eigenvalue weighted by atomic mass is 10.3. The lowest BCUT2D eigenvalue weighted by Gasteiger charge is -2.11. The molecule has 0 aliphatic heterocycles. The van der Waals surface area contributed by atoms with Crippen LogP contribution in [0.2, 0.25) is 5.02 Å². The van der Waals surface area contributed by atoms with Crippen molar-refractivity contribution in [2.24, 2.45) is 0 Å². The predicted molar refractivity (Wildman–Crippen MR) is 87.7 cm³/mol. The average Bonchev–Trinajstić information content (AvgIpc) is 2.95. The van der Waals surface area contributed by atoms with E-state index < -0.39 is 0 Å². The zero-order valence-corrected chi connectivity index (χ0v) is 14.1. The maximum atomic E-state index is 12.2. The molecule has 1 unspecified atom stereocenters. The molecule has 2 rings (SSSR count). The summed E-state index contributed by atoms with van der Waals surface area (Å²) in [4.78, 5) is 16.5. The van der Waals surface area contributed by atoms with Crippen LogP contribution < -0.4 is 10.1 Å². The number of thioether (sulfide) groups is 1. The number of nitrogens with one attached hydrogen (secondary N) is 2. The SMILES string of the molecule is CCc1nc(SC(C)C(=O)Nc2ccc(OC)c(Cl)c2)n[nH]1. The van der Waals surface area contributed by atoms with E-state index >= 15 is 0 Å². The van der Waals surface area contributed by atoms with Crippen LogP contribution in [0.5, 0.6) is 5.75 Å². The molecule has 0 aliphatic rings. The Hall–Kier alpha value is -1.73. The molecule has 8 heteroatoms. The number of nitrogens with zero attached hydrogens (tertiary/aromatic N) is 2. The number of halogens is 1. The van der Waals surface area contributed by atoms with Crippen LogP contribution in [0.3, 0.4) is 0 Å². The van der Waals surface area contributed by atoms with E-state index in [9.17, 15) is 4.79 Å². The van der Waals surface area contributed by atoms with Gasteiger partial charge in [-0.25, -0.2) is 4.98 Å². The van der Waals surface area contributed by atoms with Crippen LogP contribution in [0.25, 0.3) is 0 Å². The number of aromatic nitrogens is 3. The van der Waals surface area contributed by atoms with Crippen LogP contribution in [0.1, 0.15) is 19.7 Å². The van der Waals surface area contributed by atoms with Crippen molar-refractivity contribution in [2.75, 3.05) is 12.4 Å². The van der Waals surface area contributed by atoms with Crippen molar-refractivity contribution >= 4 is 35.0 Å². The number of benzene rings is 1. The van der Waals surface area contributed by atoms with Crippen molar-refractivity contribution in [3.8, 4) is 5.75 Å². The number of aromatic amines is 1. The number of amides is 1. The first kappa shape index (κ1) is 16.6. The van der Waals surface area contributed by atoms with Gasteiger partial charge >= 0.3 is 0 Å². The van der Waals surface area contributed by atoms with Gasteiger partial charge in [0.15, 0.2) is 0 Å². The summed E-state index contributed by atoms with van der Waals surface area (Å²) in [6.45, 7) is 3.78. The van der Waals surface area contributed by atoms with Crippen molar-refractivity contribution < 1.29 is 9.53 Å². The van der Waals surface area contributed by atoms with Gasteiger partial charge in [0, 0.05) is 12.1 Å². The van der Waals surface area contributed by atoms with E-state index in [0.717, 1.165) is 12.2 Å². The molecule has 0 aliphatic carbocycles. The second-order valence-corrected chi connectivity index (χ2v) is 6.23. The summed E-state index contributed by atoms with van der Waals surface area (Å²) < 4.78 is 5.08. The van der Waals surface area contributed by atoms with Gasteiger partial charge in [-0.3, -0.25) is 9.89 Å². The molecule has 1 amide bonds. The molecule has 1 aromatic carbocycles. The standard InChI is InChI=1S/C14H17ClN4O2S/c1-4-12-17-14(19-18-12)22-8(2)13(20)16-9-5-6-11(21-3)10(15)7-9/h5-8H,4H2,1-3H3,(H,16,20)(H,17,18,19). The summed E-state index contributed by atoms with van der Waals surface area (Å²) >= 11 is 7.33. The topological polar surface area (TPSA) is 79.9 Å². The van der Waals surface area contributed by atoms with Gasteiger partial charge in [0.1, 0.15) is 11.6 Å². The molecule has 22 heavy (non-hydrogen) atoms.